The van der Waals surface area contributed by atoms with Crippen molar-refractivity contribution in [2.24, 2.45) is 11.3 Å². The summed E-state index contributed by atoms with van der Waals surface area (Å²) >= 11 is 1.63. The van der Waals surface area contributed by atoms with Crippen molar-refractivity contribution >= 4 is 23.2 Å². The summed E-state index contributed by atoms with van der Waals surface area (Å²) in [6.45, 7) is 16.4. The molecular weight excluding hydrogens is 524 g/mol. The summed E-state index contributed by atoms with van der Waals surface area (Å²) in [6.07, 6.45) is 0.272. The second-order valence-corrected chi connectivity index (χ2v) is 13.5. The Kier molecular flexibility index (Phi) is 8.85. The monoisotopic (exact) mass is 566 g/mol. The van der Waals surface area contributed by atoms with Gasteiger partial charge in [0.25, 0.3) is 0 Å². The zero-order chi connectivity index (χ0) is 29.4. The molecule has 1 aliphatic rings. The summed E-state index contributed by atoms with van der Waals surface area (Å²) in [5.74, 6) is -0.665. The zero-order valence-electron chi connectivity index (χ0n) is 24.8. The molecule has 8 nitrogen and oxygen atoms in total. The lowest BCUT2D eigenvalue weighted by atomic mass is 9.84. The van der Waals surface area contributed by atoms with Crippen LogP contribution < -0.4 is 5.32 Å². The third kappa shape index (κ3) is 6.63. The number of amides is 2. The number of β-amino-alcohol motifs (C(OH)–C–C–N with tert-alkyl or cyclic N) is 1. The highest BCUT2D eigenvalue weighted by Crippen LogP contribution is 2.35. The summed E-state index contributed by atoms with van der Waals surface area (Å²) in [6, 6.07) is 7.11. The molecule has 3 aromatic rings. The van der Waals surface area contributed by atoms with Gasteiger partial charge in [-0.15, -0.1) is 11.3 Å². The first-order chi connectivity index (χ1) is 18.7. The molecule has 2 N–H and O–H groups in total. The van der Waals surface area contributed by atoms with Gasteiger partial charge in [-0.1, -0.05) is 51.9 Å². The Morgan fingerprint density at radius 2 is 1.93 bits per heavy atom. The molecule has 1 saturated heterocycles. The predicted molar refractivity (Wildman–Crippen MR) is 157 cm³/mol. The van der Waals surface area contributed by atoms with Gasteiger partial charge in [-0.2, -0.15) is 0 Å². The number of carbonyl (C=O) groups excluding carboxylic acids is 2. The van der Waals surface area contributed by atoms with Gasteiger partial charge in [0.1, 0.15) is 17.7 Å². The average molecular weight is 567 g/mol. The maximum absolute atomic E-state index is 13.7. The summed E-state index contributed by atoms with van der Waals surface area (Å²) in [4.78, 5) is 34.5. The van der Waals surface area contributed by atoms with Crippen LogP contribution in [-0.2, 0) is 16.0 Å². The minimum atomic E-state index is -0.766. The lowest BCUT2D eigenvalue weighted by Crippen LogP contribution is -2.48. The molecular formula is C31H42N4O4S. The van der Waals surface area contributed by atoms with Crippen LogP contribution in [0, 0.1) is 25.2 Å². The Morgan fingerprint density at radius 3 is 2.50 bits per heavy atom. The fraction of sp³-hybridized carbons (Fsp3) is 0.548. The van der Waals surface area contributed by atoms with Gasteiger partial charge in [-0.3, -0.25) is 9.59 Å². The molecule has 0 bridgehead atoms. The molecule has 1 aliphatic heterocycles. The molecule has 216 valence electrons. The van der Waals surface area contributed by atoms with Gasteiger partial charge in [-0.25, -0.2) is 4.98 Å². The minimum Gasteiger partial charge on any atom is -0.391 e. The second-order valence-electron chi connectivity index (χ2n) is 12.6. The van der Waals surface area contributed by atoms with Crippen molar-refractivity contribution in [3.63, 3.8) is 0 Å². The first kappa shape index (κ1) is 29.9. The molecule has 0 unspecified atom stereocenters. The summed E-state index contributed by atoms with van der Waals surface area (Å²) < 4.78 is 5.45. The standard InChI is InChI=1S/C31H42N4O4S/c1-17(2)27(26-11-18(3)34-39-26)30(38)35-15-23(36)13-25(35)29(37)33-19(4)24-10-9-21(28-20(5)32-16-40-28)12-22(24)14-31(6,7)8/h9-12,16-17,19,23,25,27,36H,13-15H2,1-8H3,(H,33,37)/t19-,23+,25-,27+/m0/s1. The van der Waals surface area contributed by atoms with Crippen molar-refractivity contribution in [1.82, 2.24) is 20.4 Å². The molecule has 1 aromatic carbocycles. The number of rotatable bonds is 8. The van der Waals surface area contributed by atoms with Crippen molar-refractivity contribution in [3.8, 4) is 10.4 Å². The highest BCUT2D eigenvalue weighted by molar-refractivity contribution is 7.13. The summed E-state index contributed by atoms with van der Waals surface area (Å²) in [5.41, 5.74) is 6.95. The molecule has 4 atom stereocenters. The van der Waals surface area contributed by atoms with Crippen LogP contribution in [0.3, 0.4) is 0 Å². The number of aliphatic hydroxyl groups excluding tert-OH is 1. The first-order valence-corrected chi connectivity index (χ1v) is 14.9. The number of aromatic nitrogens is 2. The van der Waals surface area contributed by atoms with Crippen LogP contribution in [0.5, 0.6) is 0 Å². The molecule has 0 aliphatic carbocycles. The van der Waals surface area contributed by atoms with E-state index in [1.54, 1.807) is 17.4 Å². The molecule has 0 spiro atoms. The van der Waals surface area contributed by atoms with E-state index in [0.29, 0.717) is 11.5 Å². The van der Waals surface area contributed by atoms with Crippen molar-refractivity contribution in [2.45, 2.75) is 92.3 Å². The molecule has 3 heterocycles. The third-order valence-electron chi connectivity index (χ3n) is 7.45. The van der Waals surface area contributed by atoms with Crippen molar-refractivity contribution in [3.05, 3.63) is 58.1 Å². The fourth-order valence-corrected chi connectivity index (χ4v) is 6.41. The van der Waals surface area contributed by atoms with Crippen LogP contribution in [0.4, 0.5) is 0 Å². The maximum Gasteiger partial charge on any atom is 0.243 e. The number of hydrogen-bond acceptors (Lipinski definition) is 7. The third-order valence-corrected chi connectivity index (χ3v) is 8.42. The van der Waals surface area contributed by atoms with Crippen LogP contribution >= 0.6 is 11.3 Å². The van der Waals surface area contributed by atoms with E-state index in [0.717, 1.165) is 28.1 Å². The van der Waals surface area contributed by atoms with E-state index in [9.17, 15) is 14.7 Å². The van der Waals surface area contributed by atoms with Gasteiger partial charge < -0.3 is 19.8 Å². The van der Waals surface area contributed by atoms with Gasteiger partial charge in [-0.05, 0) is 61.3 Å². The van der Waals surface area contributed by atoms with Gasteiger partial charge in [0, 0.05) is 19.0 Å². The van der Waals surface area contributed by atoms with E-state index < -0.39 is 18.1 Å². The van der Waals surface area contributed by atoms with Gasteiger partial charge in [0.2, 0.25) is 11.8 Å². The van der Waals surface area contributed by atoms with E-state index in [1.807, 2.05) is 40.1 Å². The van der Waals surface area contributed by atoms with Crippen LogP contribution in [-0.4, -0.2) is 50.7 Å². The topological polar surface area (TPSA) is 109 Å². The SMILES string of the molecule is Cc1cc([C@H](C(=O)N2C[C@H](O)C[C@H]2C(=O)N[C@@H](C)c2ccc(-c3scnc3C)cc2CC(C)(C)C)C(C)C)on1. The van der Waals surface area contributed by atoms with E-state index in [2.05, 4.69) is 54.4 Å². The predicted octanol–water partition coefficient (Wildman–Crippen LogP) is 5.58. The lowest BCUT2D eigenvalue weighted by molar-refractivity contribution is -0.141. The number of hydrogen-bond donors (Lipinski definition) is 2. The van der Waals surface area contributed by atoms with Gasteiger partial charge >= 0.3 is 0 Å². The smallest absolute Gasteiger partial charge is 0.243 e. The van der Waals surface area contributed by atoms with Crippen LogP contribution in [0.2, 0.25) is 0 Å². The minimum absolute atomic E-state index is 0.0452. The zero-order valence-corrected chi connectivity index (χ0v) is 25.6. The number of aliphatic hydroxyl groups is 1. The molecule has 40 heavy (non-hydrogen) atoms. The van der Waals surface area contributed by atoms with Gasteiger partial charge in [0.05, 0.1) is 33.9 Å². The number of benzene rings is 1. The van der Waals surface area contributed by atoms with Crippen molar-refractivity contribution in [1.29, 1.82) is 0 Å². The first-order valence-electron chi connectivity index (χ1n) is 14.0. The van der Waals surface area contributed by atoms with Crippen molar-refractivity contribution in [2.75, 3.05) is 6.54 Å². The van der Waals surface area contributed by atoms with E-state index in [1.165, 1.54) is 10.5 Å². The highest BCUT2D eigenvalue weighted by atomic mass is 32.1. The molecule has 9 heteroatoms. The number of nitrogens with zero attached hydrogens (tertiary/aromatic N) is 3. The Balaban J connectivity index is 1.58. The second kappa shape index (κ2) is 11.8. The summed E-state index contributed by atoms with van der Waals surface area (Å²) in [7, 11) is 0. The fourth-order valence-electron chi connectivity index (χ4n) is 5.61. The highest BCUT2D eigenvalue weighted by Gasteiger charge is 2.43. The Labute approximate surface area is 241 Å². The van der Waals surface area contributed by atoms with E-state index in [-0.39, 0.29) is 42.2 Å². The number of aryl methyl sites for hydroxylation is 2. The molecule has 2 aromatic heterocycles. The lowest BCUT2D eigenvalue weighted by Gasteiger charge is -2.30. The largest absolute Gasteiger partial charge is 0.391 e. The Morgan fingerprint density at radius 1 is 1.20 bits per heavy atom. The molecule has 0 radical (unpaired) electrons. The average Bonchev–Trinajstić information content (AvgIpc) is 3.57. The molecule has 2 amide bonds. The number of thiazole rings is 1. The Bertz CT molecular complexity index is 1360. The van der Waals surface area contributed by atoms with Crippen LogP contribution in [0.1, 0.15) is 88.2 Å². The molecule has 4 rings (SSSR count). The number of likely N-dealkylation sites (tertiary alicyclic amines) is 1. The van der Waals surface area contributed by atoms with Crippen molar-refractivity contribution < 1.29 is 19.2 Å². The summed E-state index contributed by atoms with van der Waals surface area (Å²) in [5, 5.41) is 17.6. The van der Waals surface area contributed by atoms with E-state index >= 15 is 0 Å². The van der Waals surface area contributed by atoms with E-state index in [4.69, 9.17) is 4.52 Å². The Hall–Kier alpha value is -3.04. The number of nitrogens with one attached hydrogen (secondary N) is 1. The molecule has 1 fully saturated rings. The van der Waals surface area contributed by atoms with Gasteiger partial charge in [0.15, 0.2) is 0 Å². The van der Waals surface area contributed by atoms with Crippen LogP contribution in [0.25, 0.3) is 10.4 Å². The van der Waals surface area contributed by atoms with Crippen LogP contribution in [0.15, 0.2) is 34.3 Å². The normalized spacial score (nSPS) is 19.2. The number of carbonyl (C=O) groups is 2. The quantitative estimate of drug-likeness (QED) is 0.368. The maximum atomic E-state index is 13.7. The molecule has 0 saturated carbocycles.